The van der Waals surface area contributed by atoms with E-state index in [-0.39, 0.29) is 5.78 Å². The van der Waals surface area contributed by atoms with Crippen molar-refractivity contribution >= 4 is 23.5 Å². The second-order valence-electron chi connectivity index (χ2n) is 2.88. The van der Waals surface area contributed by atoms with E-state index in [0.717, 1.165) is 10.6 Å². The summed E-state index contributed by atoms with van der Waals surface area (Å²) in [4.78, 5) is 10.6. The van der Waals surface area contributed by atoms with Crippen LogP contribution < -0.4 is 0 Å². The third-order valence-electron chi connectivity index (χ3n) is 1.60. The molecule has 0 aliphatic rings. The molecule has 0 atom stereocenters. The second-order valence-corrected chi connectivity index (χ2v) is 3.32. The molecule has 0 aromatic heterocycles. The average molecular weight is 207 g/mol. The number of benzene rings is 1. The summed E-state index contributed by atoms with van der Waals surface area (Å²) in [6.07, 6.45) is 6.98. The Kier molecular flexibility index (Phi) is 4.14. The van der Waals surface area contributed by atoms with E-state index in [4.69, 9.17) is 11.6 Å². The molecular weight excluding hydrogens is 196 g/mol. The number of allylic oxidation sites excluding steroid dienone is 3. The molecule has 0 aliphatic heterocycles. The minimum Gasteiger partial charge on any atom is -0.295 e. The highest BCUT2D eigenvalue weighted by atomic mass is 35.5. The Morgan fingerprint density at radius 3 is 2.43 bits per heavy atom. The summed E-state index contributed by atoms with van der Waals surface area (Å²) in [6.45, 7) is 1.52. The maximum Gasteiger partial charge on any atom is 0.152 e. The molecule has 1 nitrogen and oxygen atoms in total. The van der Waals surface area contributed by atoms with Crippen molar-refractivity contribution < 1.29 is 4.79 Å². The van der Waals surface area contributed by atoms with E-state index in [1.807, 2.05) is 36.4 Å². The van der Waals surface area contributed by atoms with Gasteiger partial charge in [0.25, 0.3) is 0 Å². The van der Waals surface area contributed by atoms with Gasteiger partial charge < -0.3 is 0 Å². The van der Waals surface area contributed by atoms with E-state index >= 15 is 0 Å². The van der Waals surface area contributed by atoms with Gasteiger partial charge in [0.05, 0.1) is 0 Å². The SMILES string of the molecule is CC(=O)C=CC=Cc1ccc(Cl)cc1. The van der Waals surface area contributed by atoms with Crippen LogP contribution in [-0.2, 0) is 4.79 Å². The van der Waals surface area contributed by atoms with E-state index in [0.29, 0.717) is 0 Å². The van der Waals surface area contributed by atoms with Crippen LogP contribution in [0.3, 0.4) is 0 Å². The van der Waals surface area contributed by atoms with E-state index in [1.165, 1.54) is 13.0 Å². The summed E-state index contributed by atoms with van der Waals surface area (Å²) >= 11 is 5.73. The first-order valence-corrected chi connectivity index (χ1v) is 4.67. The van der Waals surface area contributed by atoms with Crippen LogP contribution in [0.4, 0.5) is 0 Å². The van der Waals surface area contributed by atoms with Crippen LogP contribution in [0, 0.1) is 0 Å². The van der Waals surface area contributed by atoms with Gasteiger partial charge in [0.15, 0.2) is 5.78 Å². The maximum atomic E-state index is 10.6. The van der Waals surface area contributed by atoms with E-state index in [1.54, 1.807) is 6.08 Å². The first-order valence-electron chi connectivity index (χ1n) is 4.29. The Hall–Kier alpha value is -1.34. The van der Waals surface area contributed by atoms with Crippen molar-refractivity contribution in [1.82, 2.24) is 0 Å². The highest BCUT2D eigenvalue weighted by Crippen LogP contribution is 2.10. The Morgan fingerprint density at radius 1 is 1.21 bits per heavy atom. The van der Waals surface area contributed by atoms with Crippen LogP contribution in [0.2, 0.25) is 5.02 Å². The van der Waals surface area contributed by atoms with Crippen LogP contribution in [0.5, 0.6) is 0 Å². The van der Waals surface area contributed by atoms with Gasteiger partial charge in [0.1, 0.15) is 0 Å². The third kappa shape index (κ3) is 4.06. The van der Waals surface area contributed by atoms with Crippen molar-refractivity contribution in [3.8, 4) is 0 Å². The molecule has 1 aromatic carbocycles. The molecule has 0 bridgehead atoms. The van der Waals surface area contributed by atoms with Crippen LogP contribution in [0.1, 0.15) is 12.5 Å². The molecule has 0 saturated carbocycles. The molecule has 0 N–H and O–H groups in total. The van der Waals surface area contributed by atoms with Crippen molar-refractivity contribution in [2.24, 2.45) is 0 Å². The van der Waals surface area contributed by atoms with Gasteiger partial charge in [-0.15, -0.1) is 0 Å². The van der Waals surface area contributed by atoms with Crippen molar-refractivity contribution in [3.05, 3.63) is 53.1 Å². The van der Waals surface area contributed by atoms with Gasteiger partial charge in [-0.3, -0.25) is 4.79 Å². The molecule has 0 saturated heterocycles. The van der Waals surface area contributed by atoms with Gasteiger partial charge in [0.2, 0.25) is 0 Å². The Morgan fingerprint density at radius 2 is 1.86 bits per heavy atom. The monoisotopic (exact) mass is 206 g/mol. The molecule has 2 heteroatoms. The molecule has 1 rings (SSSR count). The molecule has 0 aliphatic carbocycles. The number of ketones is 1. The molecule has 72 valence electrons. The fourth-order valence-electron chi connectivity index (χ4n) is 0.932. The highest BCUT2D eigenvalue weighted by molar-refractivity contribution is 6.30. The fraction of sp³-hybridized carbons (Fsp3) is 0.0833. The van der Waals surface area contributed by atoms with Crippen molar-refractivity contribution in [1.29, 1.82) is 0 Å². The molecule has 0 amide bonds. The summed E-state index contributed by atoms with van der Waals surface area (Å²) in [5.74, 6) is 0.0470. The largest absolute Gasteiger partial charge is 0.295 e. The zero-order chi connectivity index (χ0) is 10.4. The lowest BCUT2D eigenvalue weighted by molar-refractivity contribution is -0.112. The van der Waals surface area contributed by atoms with Crippen LogP contribution in [0.25, 0.3) is 6.08 Å². The number of carbonyl (C=O) groups is 1. The number of rotatable bonds is 3. The minimum absolute atomic E-state index is 0.0470. The molecular formula is C12H11ClO. The van der Waals surface area contributed by atoms with Gasteiger partial charge >= 0.3 is 0 Å². The van der Waals surface area contributed by atoms with E-state index in [2.05, 4.69) is 0 Å². The van der Waals surface area contributed by atoms with E-state index in [9.17, 15) is 4.79 Å². The Labute approximate surface area is 88.7 Å². The Balaban J connectivity index is 2.60. The lowest BCUT2D eigenvalue weighted by Gasteiger charge is -1.91. The zero-order valence-corrected chi connectivity index (χ0v) is 8.66. The number of halogens is 1. The lowest BCUT2D eigenvalue weighted by atomic mass is 10.2. The standard InChI is InChI=1S/C12H11ClO/c1-10(14)4-2-3-5-11-6-8-12(13)9-7-11/h2-9H,1H3. The van der Waals surface area contributed by atoms with E-state index < -0.39 is 0 Å². The molecule has 0 radical (unpaired) electrons. The summed E-state index contributed by atoms with van der Waals surface area (Å²) in [6, 6.07) is 7.49. The topological polar surface area (TPSA) is 17.1 Å². The summed E-state index contributed by atoms with van der Waals surface area (Å²) in [7, 11) is 0. The number of hydrogen-bond donors (Lipinski definition) is 0. The van der Waals surface area contributed by atoms with Crippen LogP contribution in [0.15, 0.2) is 42.5 Å². The Bertz CT molecular complexity index is 360. The zero-order valence-electron chi connectivity index (χ0n) is 7.91. The minimum atomic E-state index is 0.0470. The predicted octanol–water partition coefficient (Wildman–Crippen LogP) is 3.50. The summed E-state index contributed by atoms with van der Waals surface area (Å²) in [5, 5.41) is 0.724. The van der Waals surface area contributed by atoms with Crippen molar-refractivity contribution in [2.75, 3.05) is 0 Å². The van der Waals surface area contributed by atoms with Crippen molar-refractivity contribution in [3.63, 3.8) is 0 Å². The smallest absolute Gasteiger partial charge is 0.152 e. The van der Waals surface area contributed by atoms with Gasteiger partial charge in [-0.1, -0.05) is 42.0 Å². The first kappa shape index (κ1) is 10.7. The van der Waals surface area contributed by atoms with Crippen molar-refractivity contribution in [2.45, 2.75) is 6.92 Å². The van der Waals surface area contributed by atoms with Gasteiger partial charge in [-0.05, 0) is 30.7 Å². The summed E-state index contributed by atoms with van der Waals surface area (Å²) < 4.78 is 0. The highest BCUT2D eigenvalue weighted by Gasteiger charge is 1.86. The molecule has 1 aromatic rings. The predicted molar refractivity (Wildman–Crippen MR) is 60.3 cm³/mol. The number of hydrogen-bond acceptors (Lipinski definition) is 1. The quantitative estimate of drug-likeness (QED) is 0.547. The van der Waals surface area contributed by atoms with Crippen LogP contribution in [-0.4, -0.2) is 5.78 Å². The van der Waals surface area contributed by atoms with Crippen LogP contribution >= 0.6 is 11.6 Å². The normalized spacial score (nSPS) is 11.3. The van der Waals surface area contributed by atoms with Gasteiger partial charge in [0, 0.05) is 5.02 Å². The molecule has 0 heterocycles. The third-order valence-corrected chi connectivity index (χ3v) is 1.85. The maximum absolute atomic E-state index is 10.6. The van der Waals surface area contributed by atoms with Gasteiger partial charge in [-0.2, -0.15) is 0 Å². The van der Waals surface area contributed by atoms with Gasteiger partial charge in [-0.25, -0.2) is 0 Å². The summed E-state index contributed by atoms with van der Waals surface area (Å²) in [5.41, 5.74) is 1.06. The lowest BCUT2D eigenvalue weighted by Crippen LogP contribution is -1.77. The first-order chi connectivity index (χ1) is 6.68. The molecule has 14 heavy (non-hydrogen) atoms. The molecule has 0 fully saturated rings. The number of carbonyl (C=O) groups excluding carboxylic acids is 1. The average Bonchev–Trinajstić information content (AvgIpc) is 2.15. The molecule has 0 unspecified atom stereocenters. The fourth-order valence-corrected chi connectivity index (χ4v) is 1.06. The second kappa shape index (κ2) is 5.40. The molecule has 0 spiro atoms.